The molecule has 2 aromatic carbocycles. The summed E-state index contributed by atoms with van der Waals surface area (Å²) in [7, 11) is 0. The van der Waals surface area contributed by atoms with E-state index in [1.54, 1.807) is 18.3 Å². The fourth-order valence-electron chi connectivity index (χ4n) is 2.83. The van der Waals surface area contributed by atoms with Crippen LogP contribution in [-0.2, 0) is 18.0 Å². The maximum absolute atomic E-state index is 13.7. The van der Waals surface area contributed by atoms with Gasteiger partial charge in [-0.05, 0) is 42.8 Å². The molecule has 148 valence electrons. The van der Waals surface area contributed by atoms with E-state index in [1.807, 2.05) is 19.1 Å². The van der Waals surface area contributed by atoms with Crippen LogP contribution in [0.15, 0.2) is 55.0 Å². The van der Waals surface area contributed by atoms with Gasteiger partial charge in [-0.1, -0.05) is 12.1 Å². The van der Waals surface area contributed by atoms with Crippen molar-refractivity contribution in [3.05, 3.63) is 83.6 Å². The average molecular weight is 396 g/mol. The first-order chi connectivity index (χ1) is 14.1. The van der Waals surface area contributed by atoms with Crippen LogP contribution < -0.4 is 4.74 Å². The number of imidazole rings is 1. The second kappa shape index (κ2) is 8.32. The highest BCUT2D eigenvalue weighted by Crippen LogP contribution is 2.22. The molecule has 0 fully saturated rings. The molecule has 6 nitrogen and oxygen atoms in total. The summed E-state index contributed by atoms with van der Waals surface area (Å²) in [6, 6.07) is 10.6. The van der Waals surface area contributed by atoms with Gasteiger partial charge in [-0.15, -0.1) is 0 Å². The van der Waals surface area contributed by atoms with Crippen molar-refractivity contribution in [2.75, 3.05) is 0 Å². The van der Waals surface area contributed by atoms with Crippen molar-refractivity contribution in [1.29, 1.82) is 0 Å². The molecule has 0 amide bonds. The number of ether oxygens (including phenoxy) is 2. The molecule has 4 rings (SSSR count). The molecule has 1 atom stereocenters. The van der Waals surface area contributed by atoms with Crippen molar-refractivity contribution in [1.82, 2.24) is 19.9 Å². The maximum Gasteiger partial charge on any atom is 0.180 e. The van der Waals surface area contributed by atoms with Crippen LogP contribution in [0.4, 0.5) is 8.78 Å². The van der Waals surface area contributed by atoms with Gasteiger partial charge in [-0.25, -0.2) is 23.7 Å². The smallest absolute Gasteiger partial charge is 0.180 e. The quantitative estimate of drug-likeness (QED) is 0.498. The average Bonchev–Trinajstić information content (AvgIpc) is 3.16. The molecule has 0 aliphatic heterocycles. The number of benzene rings is 2. The molecule has 1 unspecified atom stereocenters. The zero-order valence-corrected chi connectivity index (χ0v) is 15.6. The number of nitrogens with zero attached hydrogens (tertiary/aromatic N) is 3. The molecule has 4 aromatic rings. The van der Waals surface area contributed by atoms with Gasteiger partial charge < -0.3 is 14.5 Å². The zero-order valence-electron chi connectivity index (χ0n) is 15.6. The molecule has 0 aliphatic carbocycles. The summed E-state index contributed by atoms with van der Waals surface area (Å²) >= 11 is 0. The van der Waals surface area contributed by atoms with Gasteiger partial charge in [0, 0.05) is 5.56 Å². The minimum atomic E-state index is -0.499. The Hall–Kier alpha value is -3.39. The molecule has 0 radical (unpaired) electrons. The lowest BCUT2D eigenvalue weighted by atomic mass is 10.1. The summed E-state index contributed by atoms with van der Waals surface area (Å²) in [4.78, 5) is 15.5. The lowest BCUT2D eigenvalue weighted by molar-refractivity contribution is 0.0488. The van der Waals surface area contributed by atoms with E-state index in [0.29, 0.717) is 23.8 Å². The number of aromatic amines is 1. The van der Waals surface area contributed by atoms with Crippen LogP contribution in [0.2, 0.25) is 0 Å². The van der Waals surface area contributed by atoms with Crippen molar-refractivity contribution in [2.24, 2.45) is 0 Å². The largest absolute Gasteiger partial charge is 0.489 e. The number of nitrogens with one attached hydrogen (secondary N) is 1. The Labute approximate surface area is 165 Å². The number of H-pyrrole nitrogens is 1. The van der Waals surface area contributed by atoms with E-state index in [2.05, 4.69) is 19.9 Å². The molecule has 29 heavy (non-hydrogen) atoms. The van der Waals surface area contributed by atoms with Crippen molar-refractivity contribution < 1.29 is 18.3 Å². The van der Waals surface area contributed by atoms with Gasteiger partial charge in [0.25, 0.3) is 0 Å². The van der Waals surface area contributed by atoms with Crippen LogP contribution in [-0.4, -0.2) is 19.9 Å². The highest BCUT2D eigenvalue weighted by Gasteiger charge is 2.10. The molecule has 2 aromatic heterocycles. The fraction of sp³-hybridized carbons (Fsp3) is 0.190. The number of aromatic nitrogens is 4. The number of hydrogen-bond donors (Lipinski definition) is 1. The summed E-state index contributed by atoms with van der Waals surface area (Å²) < 4.78 is 38.3. The minimum absolute atomic E-state index is 0.0516. The molecule has 0 spiro atoms. The van der Waals surface area contributed by atoms with Gasteiger partial charge in [-0.2, -0.15) is 0 Å². The predicted molar refractivity (Wildman–Crippen MR) is 102 cm³/mol. The molecule has 0 bridgehead atoms. The summed E-state index contributed by atoms with van der Waals surface area (Å²) in [5.41, 5.74) is 2.48. The lowest BCUT2D eigenvalue weighted by Crippen LogP contribution is -2.02. The molecular formula is C21H18F2N4O2. The van der Waals surface area contributed by atoms with Crippen molar-refractivity contribution in [3.8, 4) is 5.75 Å². The molecule has 2 heterocycles. The van der Waals surface area contributed by atoms with Crippen LogP contribution in [0, 0.1) is 11.6 Å². The lowest BCUT2D eigenvalue weighted by Gasteiger charge is -2.13. The number of hydrogen-bond acceptors (Lipinski definition) is 5. The highest BCUT2D eigenvalue weighted by atomic mass is 19.1. The maximum atomic E-state index is 13.7. The van der Waals surface area contributed by atoms with E-state index in [0.717, 1.165) is 29.3 Å². The van der Waals surface area contributed by atoms with Crippen molar-refractivity contribution >= 4 is 11.2 Å². The zero-order chi connectivity index (χ0) is 20.2. The number of rotatable bonds is 7. The van der Waals surface area contributed by atoms with E-state index in [1.165, 1.54) is 6.33 Å². The molecule has 8 heteroatoms. The first kappa shape index (κ1) is 18.9. The summed E-state index contributed by atoms with van der Waals surface area (Å²) in [5, 5.41) is 0. The Bertz CT molecular complexity index is 1080. The topological polar surface area (TPSA) is 72.9 Å². The summed E-state index contributed by atoms with van der Waals surface area (Å²) in [6.07, 6.45) is 2.93. The van der Waals surface area contributed by atoms with Gasteiger partial charge in [0.2, 0.25) is 0 Å². The Morgan fingerprint density at radius 3 is 2.69 bits per heavy atom. The van der Waals surface area contributed by atoms with Gasteiger partial charge in [0.15, 0.2) is 5.65 Å². The highest BCUT2D eigenvalue weighted by molar-refractivity contribution is 5.68. The van der Waals surface area contributed by atoms with E-state index in [4.69, 9.17) is 9.47 Å². The number of halogens is 2. The van der Waals surface area contributed by atoms with E-state index in [9.17, 15) is 8.78 Å². The van der Waals surface area contributed by atoms with Gasteiger partial charge in [0.05, 0.1) is 12.3 Å². The fourth-order valence-corrected chi connectivity index (χ4v) is 2.83. The van der Waals surface area contributed by atoms with Gasteiger partial charge in [0.1, 0.15) is 48.3 Å². The molecule has 0 saturated carbocycles. The molecule has 0 saturated heterocycles. The predicted octanol–water partition coefficient (Wildman–Crippen LogP) is 4.49. The second-order valence-corrected chi connectivity index (χ2v) is 6.49. The Kier molecular flexibility index (Phi) is 5.44. The Morgan fingerprint density at radius 1 is 1.07 bits per heavy atom. The Balaban J connectivity index is 1.33. The standard InChI is InChI=1S/C21H18F2N4O2/c1-13(28-11-20-26-19-9-24-12-25-21(19)27-20)14-2-5-17(6-3-14)29-10-15-8-16(22)4-7-18(15)23/h2-9,12-13H,10-11H2,1H3,(H,24,25,26,27). The van der Waals surface area contributed by atoms with Crippen LogP contribution in [0.1, 0.15) is 30.0 Å². The van der Waals surface area contributed by atoms with Crippen LogP contribution in [0.5, 0.6) is 5.75 Å². The third-order valence-electron chi connectivity index (χ3n) is 4.43. The van der Waals surface area contributed by atoms with Gasteiger partial charge in [-0.3, -0.25) is 0 Å². The van der Waals surface area contributed by atoms with Crippen LogP contribution in [0.3, 0.4) is 0 Å². The van der Waals surface area contributed by atoms with E-state index >= 15 is 0 Å². The number of fused-ring (bicyclic) bond motifs is 1. The minimum Gasteiger partial charge on any atom is -0.489 e. The molecule has 1 N–H and O–H groups in total. The van der Waals surface area contributed by atoms with Crippen LogP contribution in [0.25, 0.3) is 11.2 Å². The van der Waals surface area contributed by atoms with Crippen LogP contribution >= 0.6 is 0 Å². The SMILES string of the molecule is CC(OCc1nc2ncncc2[nH]1)c1ccc(OCc2cc(F)ccc2F)cc1. The Morgan fingerprint density at radius 2 is 1.90 bits per heavy atom. The van der Waals surface area contributed by atoms with Crippen molar-refractivity contribution in [3.63, 3.8) is 0 Å². The van der Waals surface area contributed by atoms with Gasteiger partial charge >= 0.3 is 0 Å². The van der Waals surface area contributed by atoms with Crippen molar-refractivity contribution in [2.45, 2.75) is 26.2 Å². The molecule has 0 aliphatic rings. The van der Waals surface area contributed by atoms with E-state index < -0.39 is 11.6 Å². The third-order valence-corrected chi connectivity index (χ3v) is 4.43. The summed E-state index contributed by atoms with van der Waals surface area (Å²) in [6.45, 7) is 2.18. The normalized spacial score (nSPS) is 12.2. The first-order valence-corrected chi connectivity index (χ1v) is 9.01. The monoisotopic (exact) mass is 396 g/mol. The van der Waals surface area contributed by atoms with E-state index in [-0.39, 0.29) is 18.3 Å². The summed E-state index contributed by atoms with van der Waals surface area (Å²) in [5.74, 6) is 0.231. The third kappa shape index (κ3) is 4.55. The second-order valence-electron chi connectivity index (χ2n) is 6.49. The molecular weight excluding hydrogens is 378 g/mol. The first-order valence-electron chi connectivity index (χ1n) is 9.01.